The van der Waals surface area contributed by atoms with Crippen LogP contribution in [0.15, 0.2) is 42.5 Å². The van der Waals surface area contributed by atoms with Gasteiger partial charge in [-0.1, -0.05) is 37.3 Å². The van der Waals surface area contributed by atoms with Crippen LogP contribution in [0.1, 0.15) is 34.1 Å². The van der Waals surface area contributed by atoms with Gasteiger partial charge in [0.15, 0.2) is 0 Å². The molecular weight excluding hydrogens is 246 g/mol. The van der Waals surface area contributed by atoms with E-state index >= 15 is 0 Å². The second-order valence-corrected chi connectivity index (χ2v) is 6.06. The van der Waals surface area contributed by atoms with Crippen molar-refractivity contribution in [2.24, 2.45) is 0 Å². The van der Waals surface area contributed by atoms with Crippen molar-refractivity contribution < 1.29 is 4.74 Å². The number of fused-ring (bicyclic) bond motifs is 1. The molecule has 2 heteroatoms. The Balaban J connectivity index is 1.97. The third-order valence-corrected chi connectivity index (χ3v) is 3.81. The number of benzene rings is 2. The first-order valence-corrected chi connectivity index (χ1v) is 7.41. The van der Waals surface area contributed by atoms with Gasteiger partial charge in [0.25, 0.3) is 0 Å². The van der Waals surface area contributed by atoms with Gasteiger partial charge in [-0.3, -0.25) is 0 Å². The molecule has 0 spiro atoms. The minimum Gasteiger partial charge on any atom is -0.489 e. The predicted octanol–water partition coefficient (Wildman–Crippen LogP) is 4.39. The first-order chi connectivity index (χ1) is 9.50. The molecule has 1 unspecified atom stereocenters. The first kappa shape index (κ1) is 14.9. The molecule has 0 saturated carbocycles. The van der Waals surface area contributed by atoms with Crippen LogP contribution >= 0.6 is 0 Å². The molecule has 2 aromatic carbocycles. The molecular formula is C18H25NO. The molecule has 0 saturated heterocycles. The molecule has 1 N–H and O–H groups in total. The largest absolute Gasteiger partial charge is 0.489 e. The number of nitrogens with one attached hydrogen (secondary N) is 1. The predicted molar refractivity (Wildman–Crippen MR) is 86.4 cm³/mol. The van der Waals surface area contributed by atoms with E-state index < -0.39 is 0 Å². The van der Waals surface area contributed by atoms with Crippen LogP contribution in [0.4, 0.5) is 0 Å². The van der Waals surface area contributed by atoms with E-state index in [1.54, 1.807) is 0 Å². The van der Waals surface area contributed by atoms with E-state index in [1.807, 2.05) is 6.07 Å². The lowest BCUT2D eigenvalue weighted by molar-refractivity contribution is 0.199. The molecule has 20 heavy (non-hydrogen) atoms. The summed E-state index contributed by atoms with van der Waals surface area (Å²) < 4.78 is 6.00. The Morgan fingerprint density at radius 2 is 1.80 bits per heavy atom. The molecule has 0 heterocycles. The van der Waals surface area contributed by atoms with Crippen LogP contribution in [0.5, 0.6) is 5.75 Å². The van der Waals surface area contributed by atoms with E-state index in [2.05, 4.69) is 69.4 Å². The molecule has 0 aromatic heterocycles. The third kappa shape index (κ3) is 3.97. The molecule has 0 aliphatic carbocycles. The normalized spacial score (nSPS) is 13.4. The van der Waals surface area contributed by atoms with E-state index in [0.29, 0.717) is 0 Å². The van der Waals surface area contributed by atoms with Crippen molar-refractivity contribution in [3.63, 3.8) is 0 Å². The Morgan fingerprint density at radius 3 is 2.50 bits per heavy atom. The smallest absolute Gasteiger partial charge is 0.120 e. The fourth-order valence-corrected chi connectivity index (χ4v) is 2.06. The van der Waals surface area contributed by atoms with Gasteiger partial charge in [0.05, 0.1) is 0 Å². The Kier molecular flexibility index (Phi) is 4.66. The average Bonchev–Trinajstić information content (AvgIpc) is 2.45. The van der Waals surface area contributed by atoms with Crippen LogP contribution in [-0.2, 0) is 0 Å². The van der Waals surface area contributed by atoms with Gasteiger partial charge in [-0.15, -0.1) is 0 Å². The maximum Gasteiger partial charge on any atom is 0.120 e. The van der Waals surface area contributed by atoms with Gasteiger partial charge in [-0.05, 0) is 50.1 Å². The summed E-state index contributed by atoms with van der Waals surface area (Å²) in [7, 11) is 0. The van der Waals surface area contributed by atoms with E-state index in [1.165, 1.54) is 10.8 Å². The average molecular weight is 271 g/mol. The zero-order valence-corrected chi connectivity index (χ0v) is 12.9. The highest BCUT2D eigenvalue weighted by Gasteiger charge is 2.15. The molecule has 2 rings (SSSR count). The molecule has 2 aromatic rings. The zero-order chi connectivity index (χ0) is 14.6. The molecule has 0 fully saturated rings. The highest BCUT2D eigenvalue weighted by Crippen LogP contribution is 2.21. The van der Waals surface area contributed by atoms with Crippen LogP contribution in [0.2, 0.25) is 0 Å². The van der Waals surface area contributed by atoms with Crippen molar-refractivity contribution in [1.82, 2.24) is 5.32 Å². The fourth-order valence-electron chi connectivity index (χ4n) is 2.06. The lowest BCUT2D eigenvalue weighted by atomic mass is 10.0. The highest BCUT2D eigenvalue weighted by atomic mass is 16.5. The van der Waals surface area contributed by atoms with Crippen LogP contribution < -0.4 is 10.1 Å². The Bertz CT molecular complexity index is 562. The van der Waals surface area contributed by atoms with E-state index in [4.69, 9.17) is 4.74 Å². The van der Waals surface area contributed by atoms with E-state index in [-0.39, 0.29) is 11.6 Å². The molecule has 0 amide bonds. The summed E-state index contributed by atoms with van der Waals surface area (Å²) in [6.45, 7) is 9.59. The van der Waals surface area contributed by atoms with Gasteiger partial charge in [0, 0.05) is 12.1 Å². The highest BCUT2D eigenvalue weighted by molar-refractivity contribution is 5.83. The second kappa shape index (κ2) is 6.27. The van der Waals surface area contributed by atoms with Crippen molar-refractivity contribution in [2.45, 2.75) is 45.8 Å². The van der Waals surface area contributed by atoms with Gasteiger partial charge in [0.1, 0.15) is 11.9 Å². The molecule has 0 radical (unpaired) electrons. The minimum atomic E-state index is 0.155. The molecule has 0 aliphatic rings. The maximum absolute atomic E-state index is 6.00. The topological polar surface area (TPSA) is 21.3 Å². The summed E-state index contributed by atoms with van der Waals surface area (Å²) >= 11 is 0. The van der Waals surface area contributed by atoms with Gasteiger partial charge >= 0.3 is 0 Å². The number of rotatable bonds is 6. The van der Waals surface area contributed by atoms with Crippen molar-refractivity contribution in [2.75, 3.05) is 6.54 Å². The van der Waals surface area contributed by atoms with Crippen molar-refractivity contribution in [3.8, 4) is 5.75 Å². The summed E-state index contributed by atoms with van der Waals surface area (Å²) in [5.41, 5.74) is 0.168. The van der Waals surface area contributed by atoms with Crippen LogP contribution in [0.25, 0.3) is 10.8 Å². The lowest BCUT2D eigenvalue weighted by Gasteiger charge is -2.27. The van der Waals surface area contributed by atoms with Crippen molar-refractivity contribution in [3.05, 3.63) is 42.5 Å². The molecule has 2 nitrogen and oxygen atoms in total. The number of hydrogen-bond donors (Lipinski definition) is 1. The first-order valence-electron chi connectivity index (χ1n) is 7.41. The second-order valence-electron chi connectivity index (χ2n) is 6.06. The lowest BCUT2D eigenvalue weighted by Crippen LogP contribution is -2.43. The number of ether oxygens (including phenoxy) is 1. The van der Waals surface area contributed by atoms with Gasteiger partial charge in [0.2, 0.25) is 0 Å². The van der Waals surface area contributed by atoms with E-state index in [0.717, 1.165) is 18.7 Å². The minimum absolute atomic E-state index is 0.155. The summed E-state index contributed by atoms with van der Waals surface area (Å²) in [6, 6.07) is 14.6. The third-order valence-electron chi connectivity index (χ3n) is 3.81. The van der Waals surface area contributed by atoms with Crippen LogP contribution in [0, 0.1) is 0 Å². The molecule has 0 aliphatic heterocycles. The van der Waals surface area contributed by atoms with Gasteiger partial charge in [-0.2, -0.15) is 0 Å². The Labute approximate surface area is 122 Å². The van der Waals surface area contributed by atoms with Crippen LogP contribution in [-0.4, -0.2) is 18.2 Å². The molecule has 108 valence electrons. The quantitative estimate of drug-likeness (QED) is 0.841. The summed E-state index contributed by atoms with van der Waals surface area (Å²) in [5, 5.41) is 6.01. The van der Waals surface area contributed by atoms with Crippen molar-refractivity contribution >= 4 is 10.8 Å². The van der Waals surface area contributed by atoms with E-state index in [9.17, 15) is 0 Å². The monoisotopic (exact) mass is 271 g/mol. The maximum atomic E-state index is 6.00. The summed E-state index contributed by atoms with van der Waals surface area (Å²) in [6.07, 6.45) is 1.26. The van der Waals surface area contributed by atoms with Crippen LogP contribution in [0.3, 0.4) is 0 Å². The molecule has 1 atom stereocenters. The van der Waals surface area contributed by atoms with Gasteiger partial charge in [-0.25, -0.2) is 0 Å². The zero-order valence-electron chi connectivity index (χ0n) is 12.9. The SMILES string of the molecule is CCC(C)(C)NCC(C)Oc1ccc2ccccc2c1. The fraction of sp³-hybridized carbons (Fsp3) is 0.444. The summed E-state index contributed by atoms with van der Waals surface area (Å²) in [4.78, 5) is 0. The standard InChI is InChI=1S/C18H25NO/c1-5-18(3,4)19-13-14(2)20-17-11-10-15-8-6-7-9-16(15)12-17/h6-12,14,19H,5,13H2,1-4H3. The Morgan fingerprint density at radius 1 is 1.10 bits per heavy atom. The number of hydrogen-bond acceptors (Lipinski definition) is 2. The van der Waals surface area contributed by atoms with Gasteiger partial charge < -0.3 is 10.1 Å². The molecule has 0 bridgehead atoms. The Hall–Kier alpha value is -1.54. The van der Waals surface area contributed by atoms with Crippen molar-refractivity contribution in [1.29, 1.82) is 0 Å². The summed E-state index contributed by atoms with van der Waals surface area (Å²) in [5.74, 6) is 0.937.